The summed E-state index contributed by atoms with van der Waals surface area (Å²) < 4.78 is 2.23. The SMILES string of the molecule is Cn1c(-c2cccc(Cl)c2)nnc1C12CC3CC(CC(C3)C1)C2. The summed E-state index contributed by atoms with van der Waals surface area (Å²) in [5.74, 6) is 4.93. The third-order valence-electron chi connectivity index (χ3n) is 6.47. The maximum Gasteiger partial charge on any atom is 0.163 e. The number of hydrogen-bond acceptors (Lipinski definition) is 2. The Morgan fingerprint density at radius 3 is 2.30 bits per heavy atom. The molecule has 4 heteroatoms. The molecule has 4 aliphatic carbocycles. The molecule has 1 aromatic heterocycles. The van der Waals surface area contributed by atoms with Crippen LogP contribution in [0.5, 0.6) is 0 Å². The number of rotatable bonds is 2. The fraction of sp³-hybridized carbons (Fsp3) is 0.579. The first kappa shape index (κ1) is 14.0. The molecule has 0 N–H and O–H groups in total. The first-order valence-corrected chi connectivity index (χ1v) is 9.16. The largest absolute Gasteiger partial charge is 0.314 e. The van der Waals surface area contributed by atoms with Crippen LogP contribution in [0.2, 0.25) is 5.02 Å². The van der Waals surface area contributed by atoms with Crippen LogP contribution < -0.4 is 0 Å². The van der Waals surface area contributed by atoms with Crippen molar-refractivity contribution in [1.82, 2.24) is 14.8 Å². The topological polar surface area (TPSA) is 30.7 Å². The van der Waals surface area contributed by atoms with E-state index < -0.39 is 0 Å². The average Bonchev–Trinajstić information content (AvgIpc) is 2.88. The second-order valence-electron chi connectivity index (χ2n) is 8.11. The second-order valence-corrected chi connectivity index (χ2v) is 8.55. The van der Waals surface area contributed by atoms with Crippen LogP contribution in [-0.4, -0.2) is 14.8 Å². The van der Waals surface area contributed by atoms with Gasteiger partial charge < -0.3 is 4.57 Å². The van der Waals surface area contributed by atoms with Gasteiger partial charge in [0.1, 0.15) is 5.82 Å². The van der Waals surface area contributed by atoms with Crippen LogP contribution in [0.3, 0.4) is 0 Å². The molecule has 0 saturated heterocycles. The molecular formula is C19H22ClN3. The highest BCUT2D eigenvalue weighted by atomic mass is 35.5. The fourth-order valence-electron chi connectivity index (χ4n) is 6.05. The lowest BCUT2D eigenvalue weighted by molar-refractivity contribution is -0.0107. The Morgan fingerprint density at radius 2 is 1.70 bits per heavy atom. The lowest BCUT2D eigenvalue weighted by Crippen LogP contribution is -2.49. The highest BCUT2D eigenvalue weighted by Crippen LogP contribution is 2.60. The molecule has 0 amide bonds. The molecule has 4 bridgehead atoms. The maximum atomic E-state index is 6.15. The van der Waals surface area contributed by atoms with Crippen LogP contribution in [0.15, 0.2) is 24.3 Å². The minimum atomic E-state index is 0.285. The first-order chi connectivity index (χ1) is 11.1. The summed E-state index contributed by atoms with van der Waals surface area (Å²) in [7, 11) is 2.13. The van der Waals surface area contributed by atoms with Crippen molar-refractivity contribution in [3.05, 3.63) is 35.1 Å². The molecule has 4 fully saturated rings. The molecule has 0 aliphatic heterocycles. The predicted octanol–water partition coefficient (Wildman–Crippen LogP) is 4.60. The van der Waals surface area contributed by atoms with Gasteiger partial charge in [0.15, 0.2) is 5.82 Å². The van der Waals surface area contributed by atoms with Gasteiger partial charge in [0.2, 0.25) is 0 Å². The number of benzene rings is 1. The maximum absolute atomic E-state index is 6.15. The molecule has 23 heavy (non-hydrogen) atoms. The quantitative estimate of drug-likeness (QED) is 0.806. The molecule has 0 unspecified atom stereocenters. The van der Waals surface area contributed by atoms with Crippen molar-refractivity contribution >= 4 is 11.6 Å². The summed E-state index contributed by atoms with van der Waals surface area (Å²) >= 11 is 6.15. The Balaban J connectivity index is 1.57. The summed E-state index contributed by atoms with van der Waals surface area (Å²) in [5, 5.41) is 9.97. The van der Waals surface area contributed by atoms with Crippen molar-refractivity contribution in [2.24, 2.45) is 24.8 Å². The summed E-state index contributed by atoms with van der Waals surface area (Å²) in [4.78, 5) is 0. The number of hydrogen-bond donors (Lipinski definition) is 0. The van der Waals surface area contributed by atoms with Crippen molar-refractivity contribution in [3.63, 3.8) is 0 Å². The summed E-state index contributed by atoms with van der Waals surface area (Å²) in [5.41, 5.74) is 1.34. The van der Waals surface area contributed by atoms with Gasteiger partial charge in [-0.3, -0.25) is 0 Å². The van der Waals surface area contributed by atoms with Gasteiger partial charge in [-0.2, -0.15) is 0 Å². The lowest BCUT2D eigenvalue weighted by atomic mass is 9.49. The van der Waals surface area contributed by atoms with Crippen molar-refractivity contribution < 1.29 is 0 Å². The molecule has 0 radical (unpaired) electrons. The lowest BCUT2D eigenvalue weighted by Gasteiger charge is -2.56. The monoisotopic (exact) mass is 327 g/mol. The Labute approximate surface area is 142 Å². The molecule has 2 aromatic rings. The van der Waals surface area contributed by atoms with E-state index in [1.54, 1.807) is 0 Å². The van der Waals surface area contributed by atoms with Crippen LogP contribution in [0.1, 0.15) is 44.3 Å². The molecule has 0 atom stereocenters. The molecule has 1 heterocycles. The van der Waals surface area contributed by atoms with Gasteiger partial charge in [0.25, 0.3) is 0 Å². The molecule has 4 aliphatic rings. The Hall–Kier alpha value is -1.35. The molecule has 120 valence electrons. The second kappa shape index (κ2) is 4.83. The van der Waals surface area contributed by atoms with Crippen molar-refractivity contribution in [3.8, 4) is 11.4 Å². The highest BCUT2D eigenvalue weighted by molar-refractivity contribution is 6.30. The Kier molecular flexibility index (Phi) is 2.94. The van der Waals surface area contributed by atoms with E-state index in [1.165, 1.54) is 44.3 Å². The molecule has 0 spiro atoms. The van der Waals surface area contributed by atoms with Crippen LogP contribution >= 0.6 is 11.6 Å². The Bertz CT molecular complexity index is 728. The van der Waals surface area contributed by atoms with Gasteiger partial charge in [0, 0.05) is 23.0 Å². The number of nitrogens with zero attached hydrogens (tertiary/aromatic N) is 3. The molecule has 4 saturated carbocycles. The van der Waals surface area contributed by atoms with Gasteiger partial charge in [-0.15, -0.1) is 10.2 Å². The molecule has 1 aromatic carbocycles. The van der Waals surface area contributed by atoms with Gasteiger partial charge >= 0.3 is 0 Å². The van der Waals surface area contributed by atoms with E-state index in [-0.39, 0.29) is 5.41 Å². The van der Waals surface area contributed by atoms with Crippen molar-refractivity contribution in [2.75, 3.05) is 0 Å². The first-order valence-electron chi connectivity index (χ1n) is 8.79. The molecule has 6 rings (SSSR count). The number of halogens is 1. The van der Waals surface area contributed by atoms with Gasteiger partial charge in [-0.05, 0) is 68.4 Å². The van der Waals surface area contributed by atoms with Gasteiger partial charge in [-0.25, -0.2) is 0 Å². The zero-order chi connectivity index (χ0) is 15.6. The summed E-state index contributed by atoms with van der Waals surface area (Å²) in [6, 6.07) is 7.94. The summed E-state index contributed by atoms with van der Waals surface area (Å²) in [6.45, 7) is 0. The zero-order valence-corrected chi connectivity index (χ0v) is 14.3. The third kappa shape index (κ3) is 2.09. The Morgan fingerprint density at radius 1 is 1.04 bits per heavy atom. The van der Waals surface area contributed by atoms with Crippen LogP contribution in [0.25, 0.3) is 11.4 Å². The molecular weight excluding hydrogens is 306 g/mol. The van der Waals surface area contributed by atoms with Crippen molar-refractivity contribution in [2.45, 2.75) is 43.9 Å². The average molecular weight is 328 g/mol. The smallest absolute Gasteiger partial charge is 0.163 e. The van der Waals surface area contributed by atoms with Crippen LogP contribution in [0, 0.1) is 17.8 Å². The van der Waals surface area contributed by atoms with Gasteiger partial charge in [-0.1, -0.05) is 23.7 Å². The zero-order valence-electron chi connectivity index (χ0n) is 13.5. The van der Waals surface area contributed by atoms with Crippen LogP contribution in [0.4, 0.5) is 0 Å². The standard InChI is InChI=1S/C19H22ClN3/c1-23-17(15-3-2-4-16(20)8-15)21-22-18(23)19-9-12-5-13(10-19)7-14(6-12)11-19/h2-4,8,12-14H,5-7,9-11H2,1H3. The van der Waals surface area contributed by atoms with E-state index >= 15 is 0 Å². The van der Waals surface area contributed by atoms with E-state index in [9.17, 15) is 0 Å². The summed E-state index contributed by atoms with van der Waals surface area (Å²) in [6.07, 6.45) is 8.33. The van der Waals surface area contributed by atoms with Crippen molar-refractivity contribution in [1.29, 1.82) is 0 Å². The minimum Gasteiger partial charge on any atom is -0.314 e. The van der Waals surface area contributed by atoms with E-state index in [0.29, 0.717) is 0 Å². The van der Waals surface area contributed by atoms with Crippen LogP contribution in [-0.2, 0) is 12.5 Å². The van der Waals surface area contributed by atoms with E-state index in [0.717, 1.165) is 34.2 Å². The minimum absolute atomic E-state index is 0.285. The number of aromatic nitrogens is 3. The van der Waals surface area contributed by atoms with E-state index in [4.69, 9.17) is 11.6 Å². The van der Waals surface area contributed by atoms with Gasteiger partial charge in [0.05, 0.1) is 0 Å². The predicted molar refractivity (Wildman–Crippen MR) is 91.3 cm³/mol. The van der Waals surface area contributed by atoms with E-state index in [2.05, 4.69) is 27.9 Å². The third-order valence-corrected chi connectivity index (χ3v) is 6.71. The molecule has 3 nitrogen and oxygen atoms in total. The highest BCUT2D eigenvalue weighted by Gasteiger charge is 2.53. The fourth-order valence-corrected chi connectivity index (χ4v) is 6.24. The van der Waals surface area contributed by atoms with E-state index in [1.807, 2.05) is 18.2 Å². The normalized spacial score (nSPS) is 35.0.